The summed E-state index contributed by atoms with van der Waals surface area (Å²) >= 11 is 3.42. The Labute approximate surface area is 128 Å². The normalized spacial score (nSPS) is 11.2. The molecule has 0 fully saturated rings. The van der Waals surface area contributed by atoms with Crippen LogP contribution in [0.3, 0.4) is 0 Å². The van der Waals surface area contributed by atoms with Crippen molar-refractivity contribution >= 4 is 27.8 Å². The Bertz CT molecular complexity index is 545. The average Bonchev–Trinajstić information content (AvgIpc) is 2.96. The van der Waals surface area contributed by atoms with Crippen molar-refractivity contribution in [1.82, 2.24) is 14.9 Å². The molecule has 0 aliphatic heterocycles. The number of aryl methyl sites for hydroxylation is 1. The van der Waals surface area contributed by atoms with Gasteiger partial charge in [0.25, 0.3) is 0 Å². The molecule has 2 rings (SSSR count). The molecule has 0 aliphatic rings. The molecule has 0 radical (unpaired) electrons. The number of anilines is 1. The Balaban J connectivity index is 2.09. The summed E-state index contributed by atoms with van der Waals surface area (Å²) in [6.07, 6.45) is 2.38. The van der Waals surface area contributed by atoms with Gasteiger partial charge in [-0.25, -0.2) is 9.97 Å². The van der Waals surface area contributed by atoms with Crippen LogP contribution >= 0.6 is 22.7 Å². The summed E-state index contributed by atoms with van der Waals surface area (Å²) in [5.41, 5.74) is 2.13. The fourth-order valence-electron chi connectivity index (χ4n) is 1.86. The number of hydrogen-bond acceptors (Lipinski definition) is 6. The van der Waals surface area contributed by atoms with E-state index in [4.69, 9.17) is 0 Å². The fraction of sp³-hybridized carbons (Fsp3) is 0.571. The van der Waals surface area contributed by atoms with Crippen molar-refractivity contribution < 1.29 is 0 Å². The molecule has 0 aliphatic carbocycles. The van der Waals surface area contributed by atoms with Gasteiger partial charge in [0.2, 0.25) is 0 Å². The maximum absolute atomic E-state index is 4.67. The number of unbranched alkanes of at least 4 members (excludes halogenated alkanes) is 1. The second-order valence-electron chi connectivity index (χ2n) is 5.08. The van der Waals surface area contributed by atoms with Crippen LogP contribution in [0.5, 0.6) is 0 Å². The van der Waals surface area contributed by atoms with Crippen LogP contribution in [0.4, 0.5) is 5.13 Å². The quantitative estimate of drug-likeness (QED) is 0.789. The topological polar surface area (TPSA) is 41.1 Å². The summed E-state index contributed by atoms with van der Waals surface area (Å²) in [4.78, 5) is 12.6. The lowest BCUT2D eigenvalue weighted by atomic mass is 10.3. The highest BCUT2D eigenvalue weighted by Crippen LogP contribution is 2.32. The van der Waals surface area contributed by atoms with Crippen LogP contribution in [-0.2, 0) is 6.54 Å². The third kappa shape index (κ3) is 4.01. The van der Waals surface area contributed by atoms with E-state index in [9.17, 15) is 0 Å². The van der Waals surface area contributed by atoms with Crippen LogP contribution in [0.2, 0.25) is 0 Å². The molecular weight excluding hydrogens is 288 g/mol. The average molecular weight is 310 g/mol. The van der Waals surface area contributed by atoms with Crippen molar-refractivity contribution in [3.05, 3.63) is 16.1 Å². The molecule has 0 amide bonds. The van der Waals surface area contributed by atoms with Gasteiger partial charge in [-0.2, -0.15) is 0 Å². The first-order valence-electron chi connectivity index (χ1n) is 6.91. The van der Waals surface area contributed by atoms with Crippen LogP contribution in [0.1, 0.15) is 30.5 Å². The summed E-state index contributed by atoms with van der Waals surface area (Å²) in [5.74, 6) is 0. The van der Waals surface area contributed by atoms with Gasteiger partial charge in [-0.15, -0.1) is 22.7 Å². The first kappa shape index (κ1) is 15.4. The Morgan fingerprint density at radius 2 is 2.10 bits per heavy atom. The molecule has 0 atom stereocenters. The van der Waals surface area contributed by atoms with Gasteiger partial charge >= 0.3 is 0 Å². The third-order valence-electron chi connectivity index (χ3n) is 2.84. The van der Waals surface area contributed by atoms with Crippen molar-refractivity contribution in [2.45, 2.75) is 33.2 Å². The molecule has 20 heavy (non-hydrogen) atoms. The molecule has 110 valence electrons. The van der Waals surface area contributed by atoms with E-state index in [0.717, 1.165) is 34.6 Å². The van der Waals surface area contributed by atoms with Crippen molar-refractivity contribution in [2.24, 2.45) is 0 Å². The SMILES string of the molecule is CCCCNc1nc(-c2sc(CN(C)C)nc2C)cs1. The van der Waals surface area contributed by atoms with E-state index in [0.29, 0.717) is 0 Å². The molecule has 0 bridgehead atoms. The monoisotopic (exact) mass is 310 g/mol. The molecule has 0 aromatic carbocycles. The number of nitrogens with zero attached hydrogens (tertiary/aromatic N) is 3. The molecule has 2 aromatic rings. The van der Waals surface area contributed by atoms with E-state index in [1.165, 1.54) is 17.7 Å². The molecule has 0 saturated carbocycles. The second kappa shape index (κ2) is 7.15. The number of hydrogen-bond donors (Lipinski definition) is 1. The van der Waals surface area contributed by atoms with E-state index in [2.05, 4.69) is 53.5 Å². The molecule has 6 heteroatoms. The third-order valence-corrected chi connectivity index (χ3v) is 4.80. The molecule has 0 unspecified atom stereocenters. The lowest BCUT2D eigenvalue weighted by molar-refractivity contribution is 0.401. The van der Waals surface area contributed by atoms with Crippen LogP contribution in [0.25, 0.3) is 10.6 Å². The van der Waals surface area contributed by atoms with Crippen molar-refractivity contribution in [2.75, 3.05) is 26.0 Å². The van der Waals surface area contributed by atoms with Gasteiger partial charge < -0.3 is 10.2 Å². The Morgan fingerprint density at radius 1 is 1.30 bits per heavy atom. The van der Waals surface area contributed by atoms with E-state index in [-0.39, 0.29) is 0 Å². The molecule has 1 N–H and O–H groups in total. The fourth-order valence-corrected chi connectivity index (χ4v) is 3.81. The van der Waals surface area contributed by atoms with Crippen LogP contribution < -0.4 is 5.32 Å². The maximum Gasteiger partial charge on any atom is 0.183 e. The zero-order valence-corrected chi connectivity index (χ0v) is 14.2. The highest BCUT2D eigenvalue weighted by molar-refractivity contribution is 7.16. The standard InChI is InChI=1S/C14H22N4S2/c1-5-6-7-15-14-17-11(9-19-14)13-10(2)16-12(20-13)8-18(3)4/h9H,5-8H2,1-4H3,(H,15,17). The summed E-state index contributed by atoms with van der Waals surface area (Å²) in [7, 11) is 4.13. The van der Waals surface area contributed by atoms with Gasteiger partial charge in [0, 0.05) is 18.5 Å². The largest absolute Gasteiger partial charge is 0.362 e. The second-order valence-corrected chi connectivity index (χ2v) is 7.02. The molecule has 2 aromatic heterocycles. The lowest BCUT2D eigenvalue weighted by Crippen LogP contribution is -2.10. The summed E-state index contributed by atoms with van der Waals surface area (Å²) < 4.78 is 0. The molecule has 4 nitrogen and oxygen atoms in total. The van der Waals surface area contributed by atoms with Crippen molar-refractivity contribution in [1.29, 1.82) is 0 Å². The minimum Gasteiger partial charge on any atom is -0.362 e. The number of aromatic nitrogens is 2. The Morgan fingerprint density at radius 3 is 2.80 bits per heavy atom. The van der Waals surface area contributed by atoms with Crippen molar-refractivity contribution in [3.8, 4) is 10.6 Å². The maximum atomic E-state index is 4.67. The molecule has 0 saturated heterocycles. The first-order chi connectivity index (χ1) is 9.60. The zero-order chi connectivity index (χ0) is 14.5. The van der Waals surface area contributed by atoms with E-state index in [1.807, 2.05) is 0 Å². The Hall–Kier alpha value is -0.980. The smallest absolute Gasteiger partial charge is 0.183 e. The number of nitrogens with one attached hydrogen (secondary N) is 1. The molecule has 0 spiro atoms. The minimum atomic E-state index is 0.886. The predicted octanol–water partition coefficient (Wildman–Crippen LogP) is 3.85. The molecular formula is C14H22N4S2. The van der Waals surface area contributed by atoms with E-state index in [1.54, 1.807) is 22.7 Å². The van der Waals surface area contributed by atoms with Gasteiger partial charge in [0.1, 0.15) is 5.01 Å². The number of thiazole rings is 2. The van der Waals surface area contributed by atoms with E-state index < -0.39 is 0 Å². The highest BCUT2D eigenvalue weighted by Gasteiger charge is 2.13. The van der Waals surface area contributed by atoms with Gasteiger partial charge in [-0.1, -0.05) is 13.3 Å². The number of rotatable bonds is 7. The van der Waals surface area contributed by atoms with Crippen LogP contribution in [0, 0.1) is 6.92 Å². The summed E-state index contributed by atoms with van der Waals surface area (Å²) in [5, 5.41) is 7.66. The summed E-state index contributed by atoms with van der Waals surface area (Å²) in [6.45, 7) is 6.14. The molecule has 2 heterocycles. The van der Waals surface area contributed by atoms with Gasteiger partial charge in [0.05, 0.1) is 16.3 Å². The minimum absolute atomic E-state index is 0.886. The van der Waals surface area contributed by atoms with Gasteiger partial charge in [-0.3, -0.25) is 0 Å². The zero-order valence-electron chi connectivity index (χ0n) is 12.6. The highest BCUT2D eigenvalue weighted by atomic mass is 32.1. The van der Waals surface area contributed by atoms with E-state index >= 15 is 0 Å². The van der Waals surface area contributed by atoms with Crippen molar-refractivity contribution in [3.63, 3.8) is 0 Å². The Kier molecular flexibility index (Phi) is 5.51. The van der Waals surface area contributed by atoms with Crippen LogP contribution in [-0.4, -0.2) is 35.5 Å². The lowest BCUT2D eigenvalue weighted by Gasteiger charge is -2.04. The predicted molar refractivity (Wildman–Crippen MR) is 88.7 cm³/mol. The summed E-state index contributed by atoms with van der Waals surface area (Å²) in [6, 6.07) is 0. The first-order valence-corrected chi connectivity index (χ1v) is 8.60. The van der Waals surface area contributed by atoms with Gasteiger partial charge in [-0.05, 0) is 27.4 Å². The van der Waals surface area contributed by atoms with Gasteiger partial charge in [0.15, 0.2) is 5.13 Å². The van der Waals surface area contributed by atoms with Crippen LogP contribution in [0.15, 0.2) is 5.38 Å².